The van der Waals surface area contributed by atoms with Crippen molar-refractivity contribution in [3.8, 4) is 0 Å². The lowest BCUT2D eigenvalue weighted by atomic mass is 10.1. The Balaban J connectivity index is 2.02. The third-order valence-electron chi connectivity index (χ3n) is 2.73. The molecule has 1 aromatic rings. The Labute approximate surface area is 99.9 Å². The zero-order valence-corrected chi connectivity index (χ0v) is 10.4. The van der Waals surface area contributed by atoms with E-state index in [1.807, 2.05) is 0 Å². The van der Waals surface area contributed by atoms with E-state index in [9.17, 15) is 8.42 Å². The molecular formula is C10H14ClNO3S. The second kappa shape index (κ2) is 4.75. The Morgan fingerprint density at radius 1 is 1.56 bits per heavy atom. The average molecular weight is 264 g/mol. The van der Waals surface area contributed by atoms with Crippen molar-refractivity contribution in [1.29, 1.82) is 0 Å². The summed E-state index contributed by atoms with van der Waals surface area (Å²) in [5.74, 6) is 2.37. The first-order valence-corrected chi connectivity index (χ1v) is 7.67. The maximum Gasteiger partial charge on any atom is 0.194 e. The molecule has 1 fully saturated rings. The van der Waals surface area contributed by atoms with Crippen LogP contribution in [0.5, 0.6) is 0 Å². The fourth-order valence-electron chi connectivity index (χ4n) is 1.87. The van der Waals surface area contributed by atoms with Gasteiger partial charge in [-0.2, -0.15) is 0 Å². The molecule has 0 amide bonds. The van der Waals surface area contributed by atoms with Gasteiger partial charge >= 0.3 is 0 Å². The summed E-state index contributed by atoms with van der Waals surface area (Å²) >= 11 is 5.57. The van der Waals surface area contributed by atoms with E-state index in [0.29, 0.717) is 30.4 Å². The van der Waals surface area contributed by atoms with Gasteiger partial charge < -0.3 is 4.42 Å². The number of hydrogen-bond acceptors (Lipinski definition) is 4. The van der Waals surface area contributed by atoms with Crippen molar-refractivity contribution in [2.24, 2.45) is 0 Å². The summed E-state index contributed by atoms with van der Waals surface area (Å²) in [6.45, 7) is 0. The summed E-state index contributed by atoms with van der Waals surface area (Å²) in [4.78, 5) is 4.13. The number of sulfone groups is 1. The molecule has 0 aliphatic carbocycles. The fourth-order valence-corrected chi connectivity index (χ4v) is 3.75. The van der Waals surface area contributed by atoms with E-state index in [0.717, 1.165) is 6.42 Å². The Hall–Kier alpha value is -0.550. The van der Waals surface area contributed by atoms with Gasteiger partial charge in [-0.1, -0.05) is 0 Å². The van der Waals surface area contributed by atoms with E-state index in [2.05, 4.69) is 4.98 Å². The van der Waals surface area contributed by atoms with Crippen LogP contribution >= 0.6 is 11.6 Å². The molecule has 0 N–H and O–H groups in total. The van der Waals surface area contributed by atoms with Crippen LogP contribution in [0.25, 0.3) is 0 Å². The van der Waals surface area contributed by atoms with Crippen LogP contribution in [-0.4, -0.2) is 30.8 Å². The van der Waals surface area contributed by atoms with Gasteiger partial charge in [0.2, 0.25) is 0 Å². The Kier molecular flexibility index (Phi) is 3.54. The minimum Gasteiger partial charge on any atom is -0.445 e. The second-order valence-electron chi connectivity index (χ2n) is 4.05. The quantitative estimate of drug-likeness (QED) is 0.777. The van der Waals surface area contributed by atoms with Gasteiger partial charge in [0.15, 0.2) is 15.7 Å². The number of nitrogens with zero attached hydrogens (tertiary/aromatic N) is 1. The first-order chi connectivity index (χ1) is 7.61. The standard InChI is InChI=1S/C10H14ClNO3S/c11-4-1-2-10-12-6-9(15-10)8-3-5-16(13,14)7-8/h6,8H,1-5,7H2. The van der Waals surface area contributed by atoms with Crippen molar-refractivity contribution in [3.05, 3.63) is 17.8 Å². The predicted octanol–water partition coefficient (Wildman–Crippen LogP) is 1.75. The van der Waals surface area contributed by atoms with E-state index in [4.69, 9.17) is 16.0 Å². The lowest BCUT2D eigenvalue weighted by molar-refractivity contribution is 0.431. The molecule has 6 heteroatoms. The largest absolute Gasteiger partial charge is 0.445 e. The van der Waals surface area contributed by atoms with Gasteiger partial charge in [-0.05, 0) is 12.8 Å². The molecule has 4 nitrogen and oxygen atoms in total. The smallest absolute Gasteiger partial charge is 0.194 e. The normalized spacial score (nSPS) is 23.7. The van der Waals surface area contributed by atoms with Crippen molar-refractivity contribution in [1.82, 2.24) is 4.98 Å². The molecule has 0 spiro atoms. The van der Waals surface area contributed by atoms with Crippen molar-refractivity contribution in [2.75, 3.05) is 17.4 Å². The monoisotopic (exact) mass is 263 g/mol. The molecule has 1 aromatic heterocycles. The van der Waals surface area contributed by atoms with Gasteiger partial charge in [-0.25, -0.2) is 13.4 Å². The topological polar surface area (TPSA) is 60.2 Å². The number of aromatic nitrogens is 1. The van der Waals surface area contributed by atoms with E-state index < -0.39 is 9.84 Å². The summed E-state index contributed by atoms with van der Waals surface area (Å²) < 4.78 is 28.2. The van der Waals surface area contributed by atoms with Crippen molar-refractivity contribution < 1.29 is 12.8 Å². The highest BCUT2D eigenvalue weighted by Crippen LogP contribution is 2.29. The van der Waals surface area contributed by atoms with E-state index in [-0.39, 0.29) is 17.4 Å². The molecule has 2 rings (SSSR count). The molecular weight excluding hydrogens is 250 g/mol. The summed E-state index contributed by atoms with van der Waals surface area (Å²) in [5.41, 5.74) is 0. The number of oxazole rings is 1. The van der Waals surface area contributed by atoms with Gasteiger partial charge in [0.05, 0.1) is 17.7 Å². The second-order valence-corrected chi connectivity index (χ2v) is 6.66. The van der Waals surface area contributed by atoms with Crippen LogP contribution in [-0.2, 0) is 16.3 Å². The van der Waals surface area contributed by atoms with E-state index in [1.54, 1.807) is 6.20 Å². The minimum atomic E-state index is -2.86. The Morgan fingerprint density at radius 2 is 2.38 bits per heavy atom. The molecule has 1 unspecified atom stereocenters. The van der Waals surface area contributed by atoms with Gasteiger partial charge in [-0.15, -0.1) is 11.6 Å². The zero-order valence-electron chi connectivity index (χ0n) is 8.86. The van der Waals surface area contributed by atoms with Crippen LogP contribution in [0.2, 0.25) is 0 Å². The average Bonchev–Trinajstić information content (AvgIpc) is 2.81. The zero-order chi connectivity index (χ0) is 11.6. The lowest BCUT2D eigenvalue weighted by Crippen LogP contribution is -2.02. The number of alkyl halides is 1. The van der Waals surface area contributed by atoms with Crippen LogP contribution in [0.15, 0.2) is 10.6 Å². The highest BCUT2D eigenvalue weighted by atomic mass is 35.5. The maximum atomic E-state index is 11.3. The molecule has 1 saturated heterocycles. The minimum absolute atomic E-state index is 0.0118. The van der Waals surface area contributed by atoms with Crippen LogP contribution in [0, 0.1) is 0 Å². The number of aryl methyl sites for hydroxylation is 1. The van der Waals surface area contributed by atoms with Crippen molar-refractivity contribution in [2.45, 2.75) is 25.2 Å². The third kappa shape index (κ3) is 2.77. The Bertz CT molecular complexity index is 454. The lowest BCUT2D eigenvalue weighted by Gasteiger charge is -2.01. The van der Waals surface area contributed by atoms with Gasteiger partial charge in [-0.3, -0.25) is 0 Å². The summed E-state index contributed by atoms with van der Waals surface area (Å²) in [5, 5.41) is 0. The third-order valence-corrected chi connectivity index (χ3v) is 4.77. The summed E-state index contributed by atoms with van der Waals surface area (Å²) in [6, 6.07) is 0. The van der Waals surface area contributed by atoms with Crippen LogP contribution in [0.4, 0.5) is 0 Å². The number of halogens is 1. The maximum absolute atomic E-state index is 11.3. The summed E-state index contributed by atoms with van der Waals surface area (Å²) in [7, 11) is -2.86. The first kappa shape index (κ1) is 11.9. The molecule has 1 atom stereocenters. The molecule has 16 heavy (non-hydrogen) atoms. The van der Waals surface area contributed by atoms with Crippen LogP contribution in [0.3, 0.4) is 0 Å². The molecule has 0 aromatic carbocycles. The number of rotatable bonds is 4. The van der Waals surface area contributed by atoms with Gasteiger partial charge in [0.1, 0.15) is 5.76 Å². The van der Waals surface area contributed by atoms with Crippen LogP contribution < -0.4 is 0 Å². The fraction of sp³-hybridized carbons (Fsp3) is 0.700. The van der Waals surface area contributed by atoms with Crippen molar-refractivity contribution >= 4 is 21.4 Å². The molecule has 0 bridgehead atoms. The van der Waals surface area contributed by atoms with E-state index >= 15 is 0 Å². The highest BCUT2D eigenvalue weighted by Gasteiger charge is 2.31. The van der Waals surface area contributed by atoms with Gasteiger partial charge in [0, 0.05) is 18.2 Å². The van der Waals surface area contributed by atoms with Crippen molar-refractivity contribution in [3.63, 3.8) is 0 Å². The molecule has 0 radical (unpaired) electrons. The molecule has 0 saturated carbocycles. The molecule has 1 aliphatic rings. The Morgan fingerprint density at radius 3 is 3.00 bits per heavy atom. The van der Waals surface area contributed by atoms with E-state index in [1.165, 1.54) is 0 Å². The molecule has 1 aliphatic heterocycles. The first-order valence-electron chi connectivity index (χ1n) is 5.32. The molecule has 2 heterocycles. The summed E-state index contributed by atoms with van der Waals surface area (Å²) in [6.07, 6.45) is 3.83. The SMILES string of the molecule is O=S1(=O)CCC(c2cnc(CCCCl)o2)C1. The van der Waals surface area contributed by atoms with Gasteiger partial charge in [0.25, 0.3) is 0 Å². The molecule has 90 valence electrons. The van der Waals surface area contributed by atoms with Crippen LogP contribution in [0.1, 0.15) is 30.4 Å². The number of hydrogen-bond donors (Lipinski definition) is 0. The predicted molar refractivity (Wildman–Crippen MR) is 61.6 cm³/mol. The highest BCUT2D eigenvalue weighted by molar-refractivity contribution is 7.91.